The first-order chi connectivity index (χ1) is 14.2. The van der Waals surface area contributed by atoms with E-state index in [2.05, 4.69) is 33.1 Å². The van der Waals surface area contributed by atoms with Gasteiger partial charge in [0.2, 0.25) is 5.91 Å². The smallest absolute Gasteiger partial charge is 0.234 e. The fourth-order valence-electron chi connectivity index (χ4n) is 3.34. The van der Waals surface area contributed by atoms with Gasteiger partial charge in [0.15, 0.2) is 11.0 Å². The Morgan fingerprint density at radius 1 is 1.34 bits per heavy atom. The van der Waals surface area contributed by atoms with Crippen LogP contribution in [0.2, 0.25) is 0 Å². The highest BCUT2D eigenvalue weighted by atomic mass is 32.2. The Balaban J connectivity index is 1.45. The van der Waals surface area contributed by atoms with Crippen LogP contribution in [0.4, 0.5) is 5.69 Å². The molecule has 0 spiro atoms. The lowest BCUT2D eigenvalue weighted by molar-refractivity contribution is -0.113. The van der Waals surface area contributed by atoms with Gasteiger partial charge in [-0.25, -0.2) is 0 Å². The van der Waals surface area contributed by atoms with Crippen LogP contribution in [0, 0.1) is 0 Å². The molecule has 29 heavy (non-hydrogen) atoms. The summed E-state index contributed by atoms with van der Waals surface area (Å²) in [5, 5.41) is 14.5. The number of anilines is 1. The molecule has 3 heterocycles. The van der Waals surface area contributed by atoms with Gasteiger partial charge in [-0.15, -0.1) is 21.5 Å². The van der Waals surface area contributed by atoms with Crippen LogP contribution in [0.15, 0.2) is 46.9 Å². The van der Waals surface area contributed by atoms with Gasteiger partial charge >= 0.3 is 0 Å². The summed E-state index contributed by atoms with van der Waals surface area (Å²) in [6, 6.07) is 12.0. The minimum atomic E-state index is -0.0485. The molecule has 1 atom stereocenters. The Kier molecular flexibility index (Phi) is 6.63. The number of ether oxygens (including phenoxy) is 1. The first kappa shape index (κ1) is 20.1. The topological polar surface area (TPSA) is 69.0 Å². The number of benzene rings is 1. The number of aryl methyl sites for hydroxylation is 1. The van der Waals surface area contributed by atoms with Crippen LogP contribution in [-0.2, 0) is 22.5 Å². The van der Waals surface area contributed by atoms with Crippen molar-refractivity contribution in [2.45, 2.75) is 44.0 Å². The maximum Gasteiger partial charge on any atom is 0.234 e. The summed E-state index contributed by atoms with van der Waals surface area (Å²) in [7, 11) is 0. The van der Waals surface area contributed by atoms with Crippen LogP contribution in [0.1, 0.15) is 25.3 Å². The maximum atomic E-state index is 12.5. The van der Waals surface area contributed by atoms with Gasteiger partial charge < -0.3 is 10.1 Å². The number of carbonyl (C=O) groups excluding carboxylic acids is 1. The first-order valence-corrected chi connectivity index (χ1v) is 11.7. The number of nitrogens with one attached hydrogen (secondary N) is 1. The molecular weight excluding hydrogens is 404 g/mol. The molecule has 0 aliphatic carbocycles. The SMILES string of the molecule is CCc1cccc(NC(=O)CSc2nnc(-c3cccs3)n2CC2CCCO2)c1. The van der Waals surface area contributed by atoms with Crippen LogP contribution >= 0.6 is 23.1 Å². The lowest BCUT2D eigenvalue weighted by atomic mass is 10.1. The molecule has 1 aliphatic heterocycles. The third kappa shape index (κ3) is 5.07. The zero-order valence-corrected chi connectivity index (χ0v) is 18.0. The van der Waals surface area contributed by atoms with E-state index in [0.717, 1.165) is 47.4 Å². The molecular formula is C21H24N4O2S2. The van der Waals surface area contributed by atoms with Crippen molar-refractivity contribution < 1.29 is 9.53 Å². The Hall–Kier alpha value is -2.16. The molecule has 3 aromatic rings. The zero-order valence-electron chi connectivity index (χ0n) is 16.3. The molecule has 1 amide bonds. The number of nitrogens with zero attached hydrogens (tertiary/aromatic N) is 3. The van der Waals surface area contributed by atoms with Crippen LogP contribution in [0.25, 0.3) is 10.7 Å². The molecule has 8 heteroatoms. The van der Waals surface area contributed by atoms with E-state index in [1.807, 2.05) is 35.7 Å². The maximum absolute atomic E-state index is 12.5. The van der Waals surface area contributed by atoms with Crippen molar-refractivity contribution >= 4 is 34.7 Å². The standard InChI is InChI=1S/C21H24N4O2S2/c1-2-15-6-3-7-16(12-15)22-19(26)14-29-21-24-23-20(18-9-5-11-28-18)25(21)13-17-8-4-10-27-17/h3,5-7,9,11-12,17H,2,4,8,10,13-14H2,1H3,(H,22,26). The Morgan fingerprint density at radius 2 is 2.28 bits per heavy atom. The number of rotatable bonds is 8. The highest BCUT2D eigenvalue weighted by Crippen LogP contribution is 2.29. The summed E-state index contributed by atoms with van der Waals surface area (Å²) in [5.41, 5.74) is 2.03. The van der Waals surface area contributed by atoms with Gasteiger partial charge in [-0.3, -0.25) is 9.36 Å². The molecule has 0 radical (unpaired) electrons. The second-order valence-corrected chi connectivity index (χ2v) is 8.81. The third-order valence-corrected chi connectivity index (χ3v) is 6.65. The van der Waals surface area contributed by atoms with Crippen LogP contribution in [0.3, 0.4) is 0 Å². The quantitative estimate of drug-likeness (QED) is 0.536. The second kappa shape index (κ2) is 9.56. The van der Waals surface area contributed by atoms with Crippen molar-refractivity contribution in [2.24, 2.45) is 0 Å². The summed E-state index contributed by atoms with van der Waals surface area (Å²) in [6.45, 7) is 3.62. The zero-order chi connectivity index (χ0) is 20.1. The van der Waals surface area contributed by atoms with Crippen LogP contribution in [-0.4, -0.2) is 39.1 Å². The number of hydrogen-bond donors (Lipinski definition) is 1. The van der Waals surface area contributed by atoms with Crippen molar-refractivity contribution in [3.8, 4) is 10.7 Å². The van der Waals surface area contributed by atoms with E-state index < -0.39 is 0 Å². The average Bonchev–Trinajstić information content (AvgIpc) is 3.49. The van der Waals surface area contributed by atoms with Gasteiger partial charge in [0, 0.05) is 12.3 Å². The van der Waals surface area contributed by atoms with Crippen molar-refractivity contribution in [3.63, 3.8) is 0 Å². The molecule has 1 unspecified atom stereocenters. The number of thiophene rings is 1. The largest absolute Gasteiger partial charge is 0.376 e. The molecule has 0 saturated carbocycles. The van der Waals surface area contributed by atoms with E-state index in [1.165, 1.54) is 17.3 Å². The predicted octanol–water partition coefficient (Wildman–Crippen LogP) is 4.48. The number of amides is 1. The molecule has 1 fully saturated rings. The van der Waals surface area contributed by atoms with Gasteiger partial charge in [-0.1, -0.05) is 36.9 Å². The fraction of sp³-hybridized carbons (Fsp3) is 0.381. The highest BCUT2D eigenvalue weighted by molar-refractivity contribution is 7.99. The summed E-state index contributed by atoms with van der Waals surface area (Å²) in [6.07, 6.45) is 3.24. The van der Waals surface area contributed by atoms with Gasteiger partial charge in [0.25, 0.3) is 0 Å². The number of hydrogen-bond acceptors (Lipinski definition) is 6. The Bertz CT molecular complexity index is 950. The van der Waals surface area contributed by atoms with E-state index in [-0.39, 0.29) is 17.8 Å². The number of thioether (sulfide) groups is 1. The normalized spacial score (nSPS) is 16.2. The summed E-state index contributed by atoms with van der Waals surface area (Å²) >= 11 is 3.05. The van der Waals surface area contributed by atoms with Crippen LogP contribution in [0.5, 0.6) is 0 Å². The van der Waals surface area contributed by atoms with Crippen molar-refractivity contribution in [1.29, 1.82) is 0 Å². The highest BCUT2D eigenvalue weighted by Gasteiger charge is 2.22. The van der Waals surface area contributed by atoms with E-state index in [1.54, 1.807) is 11.3 Å². The van der Waals surface area contributed by atoms with Crippen LogP contribution < -0.4 is 5.32 Å². The Morgan fingerprint density at radius 3 is 3.03 bits per heavy atom. The number of aromatic nitrogens is 3. The molecule has 1 aromatic carbocycles. The lowest BCUT2D eigenvalue weighted by Gasteiger charge is -2.14. The molecule has 4 rings (SSSR count). The van der Waals surface area contributed by atoms with Crippen molar-refractivity contribution in [3.05, 3.63) is 47.3 Å². The molecule has 152 valence electrons. The monoisotopic (exact) mass is 428 g/mol. The molecule has 1 N–H and O–H groups in total. The molecule has 2 aromatic heterocycles. The summed E-state index contributed by atoms with van der Waals surface area (Å²) in [5.74, 6) is 1.08. The molecule has 0 bridgehead atoms. The summed E-state index contributed by atoms with van der Waals surface area (Å²) < 4.78 is 7.91. The van der Waals surface area contributed by atoms with E-state index in [4.69, 9.17) is 4.74 Å². The molecule has 1 aliphatic rings. The summed E-state index contributed by atoms with van der Waals surface area (Å²) in [4.78, 5) is 13.5. The van der Waals surface area contributed by atoms with Crippen molar-refractivity contribution in [1.82, 2.24) is 14.8 Å². The number of carbonyl (C=O) groups is 1. The van der Waals surface area contributed by atoms with Gasteiger partial charge in [0.05, 0.1) is 23.3 Å². The first-order valence-electron chi connectivity index (χ1n) is 9.83. The minimum absolute atomic E-state index is 0.0485. The van der Waals surface area contributed by atoms with E-state index in [9.17, 15) is 4.79 Å². The fourth-order valence-corrected chi connectivity index (χ4v) is 4.80. The van der Waals surface area contributed by atoms with Gasteiger partial charge in [0.1, 0.15) is 0 Å². The van der Waals surface area contributed by atoms with E-state index >= 15 is 0 Å². The van der Waals surface area contributed by atoms with Gasteiger partial charge in [-0.2, -0.15) is 0 Å². The van der Waals surface area contributed by atoms with E-state index in [0.29, 0.717) is 6.54 Å². The predicted molar refractivity (Wildman–Crippen MR) is 117 cm³/mol. The average molecular weight is 429 g/mol. The second-order valence-electron chi connectivity index (χ2n) is 6.92. The lowest BCUT2D eigenvalue weighted by Crippen LogP contribution is -2.18. The van der Waals surface area contributed by atoms with Gasteiger partial charge in [-0.05, 0) is 48.4 Å². The minimum Gasteiger partial charge on any atom is -0.376 e. The molecule has 6 nitrogen and oxygen atoms in total. The molecule has 1 saturated heterocycles. The Labute approximate surface area is 178 Å². The van der Waals surface area contributed by atoms with Crippen molar-refractivity contribution in [2.75, 3.05) is 17.7 Å². The third-order valence-electron chi connectivity index (χ3n) is 4.82.